The van der Waals surface area contributed by atoms with Gasteiger partial charge in [0, 0.05) is 38.9 Å². The largest absolute Gasteiger partial charge is 0.450 e. The van der Waals surface area contributed by atoms with Crippen LogP contribution in [0.3, 0.4) is 0 Å². The highest BCUT2D eigenvalue weighted by Crippen LogP contribution is 2.26. The Morgan fingerprint density at radius 3 is 2.35 bits per heavy atom. The lowest BCUT2D eigenvalue weighted by atomic mass is 10.0. The van der Waals surface area contributed by atoms with Gasteiger partial charge in [0.25, 0.3) is 0 Å². The molecule has 31 heavy (non-hydrogen) atoms. The van der Waals surface area contributed by atoms with Crippen LogP contribution >= 0.6 is 0 Å². The summed E-state index contributed by atoms with van der Waals surface area (Å²) < 4.78 is 15.7. The van der Waals surface area contributed by atoms with Gasteiger partial charge in [-0.3, -0.25) is 0 Å². The summed E-state index contributed by atoms with van der Waals surface area (Å²) in [5, 5.41) is 0. The van der Waals surface area contributed by atoms with Crippen LogP contribution in [-0.2, 0) is 19.0 Å². The molecule has 2 rings (SSSR count). The van der Waals surface area contributed by atoms with Crippen molar-refractivity contribution in [2.75, 3.05) is 27.4 Å². The average molecular weight is 417 g/mol. The summed E-state index contributed by atoms with van der Waals surface area (Å²) in [5.74, 6) is 12.1. The summed E-state index contributed by atoms with van der Waals surface area (Å²) >= 11 is 0. The van der Waals surface area contributed by atoms with E-state index in [1.54, 1.807) is 13.2 Å². The number of benzene rings is 2. The van der Waals surface area contributed by atoms with E-state index < -0.39 is 12.1 Å². The van der Waals surface area contributed by atoms with E-state index in [0.29, 0.717) is 12.2 Å². The zero-order valence-corrected chi connectivity index (χ0v) is 18.1. The summed E-state index contributed by atoms with van der Waals surface area (Å²) in [5.41, 5.74) is 2.36. The number of rotatable bonds is 9. The van der Waals surface area contributed by atoms with E-state index in [2.05, 4.69) is 23.7 Å². The van der Waals surface area contributed by atoms with Crippen molar-refractivity contribution in [1.82, 2.24) is 0 Å². The summed E-state index contributed by atoms with van der Waals surface area (Å²) in [6, 6.07) is 19.2. The lowest BCUT2D eigenvalue weighted by Crippen LogP contribution is -2.17. The van der Waals surface area contributed by atoms with Crippen LogP contribution in [0, 0.1) is 23.7 Å². The van der Waals surface area contributed by atoms with Gasteiger partial charge in [-0.2, -0.15) is 0 Å². The third-order valence-electron chi connectivity index (χ3n) is 4.25. The fourth-order valence-electron chi connectivity index (χ4n) is 2.74. The van der Waals surface area contributed by atoms with Gasteiger partial charge in [0.1, 0.15) is 6.61 Å². The first kappa shape index (κ1) is 24.0. The van der Waals surface area contributed by atoms with Crippen LogP contribution in [0.1, 0.15) is 36.5 Å². The third kappa shape index (κ3) is 9.36. The fourth-order valence-corrected chi connectivity index (χ4v) is 2.74. The fraction of sp³-hybridized carbons (Fsp3) is 0.296. The molecule has 0 aromatic heterocycles. The van der Waals surface area contributed by atoms with E-state index in [1.807, 2.05) is 60.7 Å². The first-order chi connectivity index (χ1) is 15.2. The SMILES string of the molecule is COCCCCC#C/C(=C\C#Cc1ccccc1)C(OC(=O)COC)c1ccccc1. The topological polar surface area (TPSA) is 44.8 Å². The number of unbranched alkanes of at least 4 members (excludes halogenated alkanes) is 2. The summed E-state index contributed by atoms with van der Waals surface area (Å²) in [4.78, 5) is 12.2. The van der Waals surface area contributed by atoms with Crippen molar-refractivity contribution in [2.45, 2.75) is 25.4 Å². The Morgan fingerprint density at radius 1 is 0.968 bits per heavy atom. The first-order valence-corrected chi connectivity index (χ1v) is 10.2. The predicted octanol–water partition coefficient (Wildman–Crippen LogP) is 4.72. The lowest BCUT2D eigenvalue weighted by molar-refractivity contribution is -0.151. The van der Waals surface area contributed by atoms with Gasteiger partial charge in [-0.25, -0.2) is 4.79 Å². The molecule has 0 bridgehead atoms. The number of esters is 1. The van der Waals surface area contributed by atoms with Crippen LogP contribution in [0.2, 0.25) is 0 Å². The zero-order valence-electron chi connectivity index (χ0n) is 18.1. The van der Waals surface area contributed by atoms with E-state index in [1.165, 1.54) is 7.11 Å². The van der Waals surface area contributed by atoms with Crippen LogP contribution in [-0.4, -0.2) is 33.4 Å². The number of carbonyl (C=O) groups excluding carboxylic acids is 1. The molecule has 160 valence electrons. The molecule has 0 radical (unpaired) electrons. The molecular formula is C27H28O4. The van der Waals surface area contributed by atoms with E-state index in [0.717, 1.165) is 30.4 Å². The van der Waals surface area contributed by atoms with Gasteiger partial charge in [0.05, 0.1) is 5.57 Å². The van der Waals surface area contributed by atoms with Crippen molar-refractivity contribution in [3.8, 4) is 23.7 Å². The molecule has 2 aromatic carbocycles. The molecule has 2 aromatic rings. The highest BCUT2D eigenvalue weighted by Gasteiger charge is 2.20. The van der Waals surface area contributed by atoms with Crippen molar-refractivity contribution >= 4 is 5.97 Å². The Labute approximate surface area is 185 Å². The molecule has 1 unspecified atom stereocenters. The minimum atomic E-state index is -0.652. The monoisotopic (exact) mass is 416 g/mol. The maximum Gasteiger partial charge on any atom is 0.333 e. The minimum Gasteiger partial charge on any atom is -0.450 e. The van der Waals surface area contributed by atoms with Gasteiger partial charge < -0.3 is 14.2 Å². The van der Waals surface area contributed by atoms with Crippen molar-refractivity contribution in [1.29, 1.82) is 0 Å². The van der Waals surface area contributed by atoms with Crippen molar-refractivity contribution in [3.63, 3.8) is 0 Å². The van der Waals surface area contributed by atoms with Gasteiger partial charge in [-0.05, 0) is 30.5 Å². The third-order valence-corrected chi connectivity index (χ3v) is 4.25. The van der Waals surface area contributed by atoms with Gasteiger partial charge >= 0.3 is 5.97 Å². The Hall–Kier alpha value is -3.31. The number of carbonyl (C=O) groups is 1. The predicted molar refractivity (Wildman–Crippen MR) is 122 cm³/mol. The average Bonchev–Trinajstić information content (AvgIpc) is 2.80. The van der Waals surface area contributed by atoms with Gasteiger partial charge in [-0.15, -0.1) is 0 Å². The molecule has 4 heteroatoms. The number of ether oxygens (including phenoxy) is 3. The highest BCUT2D eigenvalue weighted by molar-refractivity contribution is 5.71. The second-order valence-corrected chi connectivity index (χ2v) is 6.70. The Bertz CT molecular complexity index is 941. The molecule has 0 spiro atoms. The van der Waals surface area contributed by atoms with E-state index in [9.17, 15) is 4.79 Å². The Morgan fingerprint density at radius 2 is 1.68 bits per heavy atom. The molecule has 0 N–H and O–H groups in total. The van der Waals surface area contributed by atoms with Crippen molar-refractivity contribution in [3.05, 3.63) is 83.4 Å². The quantitative estimate of drug-likeness (QED) is 0.337. The van der Waals surface area contributed by atoms with E-state index >= 15 is 0 Å². The molecule has 4 nitrogen and oxygen atoms in total. The maximum atomic E-state index is 12.2. The van der Waals surface area contributed by atoms with Crippen LogP contribution in [0.4, 0.5) is 0 Å². The maximum absolute atomic E-state index is 12.2. The van der Waals surface area contributed by atoms with E-state index in [-0.39, 0.29) is 6.61 Å². The van der Waals surface area contributed by atoms with Gasteiger partial charge in [0.2, 0.25) is 0 Å². The smallest absolute Gasteiger partial charge is 0.333 e. The molecular weight excluding hydrogens is 388 g/mol. The number of hydrogen-bond acceptors (Lipinski definition) is 4. The number of methoxy groups -OCH3 is 2. The highest BCUT2D eigenvalue weighted by atomic mass is 16.6. The number of hydrogen-bond donors (Lipinski definition) is 0. The van der Waals surface area contributed by atoms with Crippen LogP contribution in [0.15, 0.2) is 72.3 Å². The summed E-state index contributed by atoms with van der Waals surface area (Å²) in [6.07, 6.45) is 3.68. The molecule has 0 saturated carbocycles. The molecule has 0 aliphatic rings. The normalized spacial score (nSPS) is 11.5. The van der Waals surface area contributed by atoms with Crippen LogP contribution in [0.25, 0.3) is 0 Å². The first-order valence-electron chi connectivity index (χ1n) is 10.2. The second kappa shape index (κ2) is 14.6. The van der Waals surface area contributed by atoms with E-state index in [4.69, 9.17) is 14.2 Å². The summed E-state index contributed by atoms with van der Waals surface area (Å²) in [6.45, 7) is 0.588. The molecule has 0 aliphatic carbocycles. The Balaban J connectivity index is 2.33. The van der Waals surface area contributed by atoms with Gasteiger partial charge in [0.15, 0.2) is 6.10 Å². The molecule has 0 aliphatic heterocycles. The second-order valence-electron chi connectivity index (χ2n) is 6.70. The zero-order chi connectivity index (χ0) is 22.2. The molecule has 0 amide bonds. The molecule has 0 fully saturated rings. The molecule has 0 heterocycles. The van der Waals surface area contributed by atoms with Crippen LogP contribution in [0.5, 0.6) is 0 Å². The molecule has 1 atom stereocenters. The minimum absolute atomic E-state index is 0.128. The van der Waals surface area contributed by atoms with Crippen molar-refractivity contribution < 1.29 is 19.0 Å². The van der Waals surface area contributed by atoms with Crippen LogP contribution < -0.4 is 0 Å². The van der Waals surface area contributed by atoms with Crippen molar-refractivity contribution in [2.24, 2.45) is 0 Å². The lowest BCUT2D eigenvalue weighted by Gasteiger charge is -2.18. The summed E-state index contributed by atoms with van der Waals surface area (Å²) in [7, 11) is 3.15. The number of allylic oxidation sites excluding steroid dienone is 1. The standard InChI is InChI=1S/C27H28O4/c1-29-21-12-4-3-9-17-25(20-13-16-23-14-7-5-8-15-23)27(31-26(28)22-30-2)24-18-10-6-11-19-24/h5-8,10-11,14-15,18-20,27H,3-4,12,21-22H2,1-2H3/b25-20+. The Kier molecular flexibility index (Phi) is 11.3. The molecule has 0 saturated heterocycles. The van der Waals surface area contributed by atoms with Gasteiger partial charge in [-0.1, -0.05) is 72.2 Å².